The maximum atomic E-state index is 6.12. The summed E-state index contributed by atoms with van der Waals surface area (Å²) in [5.74, 6) is -2.70. The van der Waals surface area contributed by atoms with E-state index in [0.29, 0.717) is 46.1 Å². The van der Waals surface area contributed by atoms with Crippen molar-refractivity contribution in [3.05, 3.63) is 12.3 Å². The van der Waals surface area contributed by atoms with Crippen molar-refractivity contribution < 1.29 is 28.6 Å². The minimum atomic E-state index is -1.47. The van der Waals surface area contributed by atoms with Crippen molar-refractivity contribution >= 4 is 0 Å². The molecular formula is C17H34N2O6. The molecule has 0 bridgehead atoms. The summed E-state index contributed by atoms with van der Waals surface area (Å²) in [6.07, 6.45) is 4.06. The Labute approximate surface area is 151 Å². The maximum Gasteiger partial charge on any atom is 0.330 e. The van der Waals surface area contributed by atoms with Crippen LogP contribution in [0.5, 0.6) is 0 Å². The second-order valence-electron chi connectivity index (χ2n) is 5.07. The summed E-state index contributed by atoms with van der Waals surface area (Å²) in [6.45, 7) is 13.8. The summed E-state index contributed by atoms with van der Waals surface area (Å²) in [5, 5.41) is 2.90. The highest BCUT2D eigenvalue weighted by molar-refractivity contribution is 4.98. The van der Waals surface area contributed by atoms with Crippen molar-refractivity contribution in [2.45, 2.75) is 59.7 Å². The fourth-order valence-corrected chi connectivity index (χ4v) is 2.83. The largest absolute Gasteiger partial charge is 0.344 e. The number of hydrogen-bond acceptors (Lipinski definition) is 8. The molecule has 0 spiro atoms. The number of hydrazine groups is 1. The van der Waals surface area contributed by atoms with Gasteiger partial charge >= 0.3 is 5.91 Å². The molecule has 0 aromatic carbocycles. The van der Waals surface area contributed by atoms with Crippen molar-refractivity contribution in [1.29, 1.82) is 0 Å². The first-order valence-electron chi connectivity index (χ1n) is 9.18. The molecule has 0 saturated carbocycles. The van der Waals surface area contributed by atoms with Crippen LogP contribution in [0.2, 0.25) is 0 Å². The average Bonchev–Trinajstić information content (AvgIpc) is 2.69. The number of rotatable bonds is 12. The van der Waals surface area contributed by atoms with Crippen LogP contribution in [0.15, 0.2) is 12.3 Å². The lowest BCUT2D eigenvalue weighted by atomic mass is 10.1. The number of hydroxylamine groups is 2. The number of hydrogen-bond donors (Lipinski definition) is 0. The Balaban J connectivity index is 3.53. The van der Waals surface area contributed by atoms with Gasteiger partial charge in [-0.25, -0.2) is 0 Å². The van der Waals surface area contributed by atoms with E-state index in [1.54, 1.807) is 6.20 Å². The van der Waals surface area contributed by atoms with Crippen LogP contribution in [0.3, 0.4) is 0 Å². The van der Waals surface area contributed by atoms with E-state index in [1.807, 2.05) is 47.6 Å². The molecule has 0 aromatic heterocycles. The molecule has 0 N–H and O–H groups in total. The lowest BCUT2D eigenvalue weighted by Crippen LogP contribution is -2.71. The number of ether oxygens (including phenoxy) is 4. The third-order valence-electron chi connectivity index (χ3n) is 3.48. The molecule has 0 fully saturated rings. The van der Waals surface area contributed by atoms with Gasteiger partial charge in [-0.2, -0.15) is 5.17 Å². The molecule has 8 heteroatoms. The number of nitrogens with zero attached hydrogens (tertiary/aromatic N) is 2. The molecule has 148 valence electrons. The Morgan fingerprint density at radius 2 is 1.24 bits per heavy atom. The molecule has 1 aliphatic rings. The molecule has 25 heavy (non-hydrogen) atoms. The van der Waals surface area contributed by atoms with E-state index in [9.17, 15) is 0 Å². The van der Waals surface area contributed by atoms with Gasteiger partial charge in [0.25, 0.3) is 0 Å². The van der Waals surface area contributed by atoms with Gasteiger partial charge in [0, 0.05) is 39.0 Å². The molecule has 0 unspecified atom stereocenters. The minimum absolute atomic E-state index is 0.367. The molecule has 0 aromatic rings. The molecule has 1 aliphatic heterocycles. The zero-order chi connectivity index (χ0) is 18.8. The third kappa shape index (κ3) is 4.71. The third-order valence-corrected chi connectivity index (χ3v) is 3.48. The van der Waals surface area contributed by atoms with Gasteiger partial charge in [0.2, 0.25) is 5.79 Å². The van der Waals surface area contributed by atoms with E-state index in [1.165, 1.54) is 10.3 Å². The fraction of sp³-hybridized carbons (Fsp3) is 0.882. The smallest absolute Gasteiger partial charge is 0.330 e. The lowest BCUT2D eigenvalue weighted by molar-refractivity contribution is -0.562. The van der Waals surface area contributed by atoms with Gasteiger partial charge in [0.15, 0.2) is 0 Å². The molecule has 0 amide bonds. The molecule has 0 saturated heterocycles. The zero-order valence-corrected chi connectivity index (χ0v) is 16.4. The highest BCUT2D eigenvalue weighted by Crippen LogP contribution is 2.42. The monoisotopic (exact) mass is 362 g/mol. The van der Waals surface area contributed by atoms with Crippen molar-refractivity contribution in [3.63, 3.8) is 0 Å². The molecular weight excluding hydrogens is 328 g/mol. The average molecular weight is 362 g/mol. The van der Waals surface area contributed by atoms with E-state index in [2.05, 4.69) is 0 Å². The predicted molar refractivity (Wildman–Crippen MR) is 92.7 cm³/mol. The van der Waals surface area contributed by atoms with E-state index in [-0.39, 0.29) is 0 Å². The van der Waals surface area contributed by atoms with Crippen molar-refractivity contribution in [1.82, 2.24) is 10.3 Å². The van der Waals surface area contributed by atoms with Crippen LogP contribution in [-0.2, 0) is 28.6 Å². The topological polar surface area (TPSA) is 61.9 Å². The Hall–Kier alpha value is -0.740. The van der Waals surface area contributed by atoms with Gasteiger partial charge in [-0.3, -0.25) is 9.68 Å². The van der Waals surface area contributed by atoms with Gasteiger partial charge in [-0.05, 0) is 46.7 Å². The van der Waals surface area contributed by atoms with Gasteiger partial charge in [-0.1, -0.05) is 6.08 Å². The Morgan fingerprint density at radius 3 is 1.68 bits per heavy atom. The highest BCUT2D eigenvalue weighted by atomic mass is 16.9. The first kappa shape index (κ1) is 22.3. The van der Waals surface area contributed by atoms with Crippen LogP contribution in [0.4, 0.5) is 0 Å². The van der Waals surface area contributed by atoms with Crippen molar-refractivity contribution in [2.75, 3.05) is 39.6 Å². The van der Waals surface area contributed by atoms with E-state index < -0.39 is 11.7 Å². The predicted octanol–water partition coefficient (Wildman–Crippen LogP) is 2.82. The van der Waals surface area contributed by atoms with Gasteiger partial charge < -0.3 is 18.9 Å². The summed E-state index contributed by atoms with van der Waals surface area (Å²) >= 11 is 0. The summed E-state index contributed by atoms with van der Waals surface area (Å²) in [7, 11) is 0. The van der Waals surface area contributed by atoms with Crippen LogP contribution < -0.4 is 0 Å². The van der Waals surface area contributed by atoms with Crippen molar-refractivity contribution in [3.8, 4) is 0 Å². The van der Waals surface area contributed by atoms with Crippen LogP contribution in [-0.4, -0.2) is 61.7 Å². The van der Waals surface area contributed by atoms with Crippen LogP contribution in [0.25, 0.3) is 0 Å². The standard InChI is InChI=1S/C17H34N2O6/c1-7-20-16(21-8-2)14-13-15-18(24-11-5)19(25-12-6)17(16,22-9-3)23-10-4/h13,15H,7-12,14H2,1-6H3. The van der Waals surface area contributed by atoms with Gasteiger partial charge in [0.05, 0.1) is 13.2 Å². The SMILES string of the molecule is CCON1C=CCC(OCC)(OCC)C(OCC)(OCC)N1OCC. The van der Waals surface area contributed by atoms with E-state index >= 15 is 0 Å². The highest BCUT2D eigenvalue weighted by Gasteiger charge is 2.64. The molecule has 8 nitrogen and oxygen atoms in total. The molecule has 0 atom stereocenters. The minimum Gasteiger partial charge on any atom is -0.344 e. The maximum absolute atomic E-state index is 6.12. The summed E-state index contributed by atoms with van der Waals surface area (Å²) < 4.78 is 24.4. The van der Waals surface area contributed by atoms with E-state index in [0.717, 1.165) is 0 Å². The quantitative estimate of drug-likeness (QED) is 0.491. The Morgan fingerprint density at radius 1 is 0.720 bits per heavy atom. The summed E-state index contributed by atoms with van der Waals surface area (Å²) in [4.78, 5) is 11.6. The molecule has 0 aliphatic carbocycles. The normalized spacial score (nSPS) is 20.0. The van der Waals surface area contributed by atoms with Crippen molar-refractivity contribution in [2.24, 2.45) is 0 Å². The summed E-state index contributed by atoms with van der Waals surface area (Å²) in [5.41, 5.74) is 0. The van der Waals surface area contributed by atoms with Crippen LogP contribution >= 0.6 is 0 Å². The Bertz CT molecular complexity index is 381. The van der Waals surface area contributed by atoms with Gasteiger partial charge in [0.1, 0.15) is 0 Å². The van der Waals surface area contributed by atoms with Crippen LogP contribution in [0.1, 0.15) is 48.0 Å². The zero-order valence-electron chi connectivity index (χ0n) is 16.4. The van der Waals surface area contributed by atoms with E-state index in [4.69, 9.17) is 28.6 Å². The Kier molecular flexibility index (Phi) is 9.88. The second kappa shape index (κ2) is 11.1. The lowest BCUT2D eigenvalue weighted by Gasteiger charge is -2.51. The second-order valence-corrected chi connectivity index (χ2v) is 5.07. The van der Waals surface area contributed by atoms with Crippen LogP contribution in [0, 0.1) is 0 Å². The first-order valence-corrected chi connectivity index (χ1v) is 9.18. The fourth-order valence-electron chi connectivity index (χ4n) is 2.83. The van der Waals surface area contributed by atoms with Gasteiger partial charge in [-0.15, -0.1) is 0 Å². The molecule has 1 heterocycles. The first-order chi connectivity index (χ1) is 12.1. The molecule has 1 rings (SSSR count). The molecule has 0 radical (unpaired) electrons. The summed E-state index contributed by atoms with van der Waals surface area (Å²) in [6, 6.07) is 0.